The quantitative estimate of drug-likeness (QED) is 0.779. The van der Waals surface area contributed by atoms with E-state index in [9.17, 15) is 9.59 Å². The molecule has 0 aromatic rings. The predicted molar refractivity (Wildman–Crippen MR) is 75.6 cm³/mol. The van der Waals surface area contributed by atoms with Crippen LogP contribution < -0.4 is 5.32 Å². The van der Waals surface area contributed by atoms with Gasteiger partial charge in [0.25, 0.3) is 0 Å². The highest BCUT2D eigenvalue weighted by atomic mass is 16.5. The zero-order valence-corrected chi connectivity index (χ0v) is 12.6. The molecule has 116 valence electrons. The first-order valence-corrected chi connectivity index (χ1v) is 7.31. The molecule has 6 heteroatoms. The first-order valence-electron chi connectivity index (χ1n) is 7.31. The molecule has 1 rings (SSSR count). The third-order valence-electron chi connectivity index (χ3n) is 3.86. The first kappa shape index (κ1) is 16.8. The summed E-state index contributed by atoms with van der Waals surface area (Å²) in [5.74, 6) is -1.09. The largest absolute Gasteiger partial charge is 0.480 e. The van der Waals surface area contributed by atoms with Gasteiger partial charge in [0.2, 0.25) is 0 Å². The van der Waals surface area contributed by atoms with Gasteiger partial charge in [0.1, 0.15) is 6.04 Å². The van der Waals surface area contributed by atoms with Gasteiger partial charge in [-0.2, -0.15) is 0 Å². The van der Waals surface area contributed by atoms with E-state index in [1.54, 1.807) is 7.05 Å². The number of amides is 2. The molecule has 1 aliphatic rings. The Morgan fingerprint density at radius 2 is 2.15 bits per heavy atom. The molecule has 3 unspecified atom stereocenters. The van der Waals surface area contributed by atoms with Crippen molar-refractivity contribution in [3.8, 4) is 0 Å². The lowest BCUT2D eigenvalue weighted by molar-refractivity contribution is -0.140. The fraction of sp³-hybridized carbons (Fsp3) is 0.857. The van der Waals surface area contributed by atoms with Crippen molar-refractivity contribution in [1.29, 1.82) is 0 Å². The number of ether oxygens (including phenoxy) is 1. The fourth-order valence-corrected chi connectivity index (χ4v) is 2.27. The average molecular weight is 286 g/mol. The number of nitrogens with zero attached hydrogens (tertiary/aromatic N) is 1. The number of hydrogen-bond donors (Lipinski definition) is 2. The van der Waals surface area contributed by atoms with Gasteiger partial charge in [-0.3, -0.25) is 0 Å². The van der Waals surface area contributed by atoms with Crippen LogP contribution in [0.1, 0.15) is 39.5 Å². The summed E-state index contributed by atoms with van der Waals surface area (Å²) < 4.78 is 5.58. The number of carboxylic acids is 1. The van der Waals surface area contributed by atoms with E-state index in [4.69, 9.17) is 9.84 Å². The second kappa shape index (κ2) is 8.09. The predicted octanol–water partition coefficient (Wildman–Crippen LogP) is 1.70. The highest BCUT2D eigenvalue weighted by molar-refractivity contribution is 5.82. The Kier molecular flexibility index (Phi) is 6.78. The highest BCUT2D eigenvalue weighted by Gasteiger charge is 2.27. The molecule has 0 aromatic heterocycles. The maximum Gasteiger partial charge on any atom is 0.326 e. The first-order chi connectivity index (χ1) is 9.45. The maximum atomic E-state index is 12.0. The normalized spacial score (nSPS) is 21.9. The Bertz CT molecular complexity index is 329. The Morgan fingerprint density at radius 1 is 1.45 bits per heavy atom. The van der Waals surface area contributed by atoms with E-state index in [0.29, 0.717) is 13.0 Å². The number of carbonyl (C=O) groups excluding carboxylic acids is 1. The van der Waals surface area contributed by atoms with Crippen molar-refractivity contribution in [2.75, 3.05) is 20.2 Å². The minimum atomic E-state index is -0.991. The van der Waals surface area contributed by atoms with Crippen LogP contribution in [0.5, 0.6) is 0 Å². The maximum absolute atomic E-state index is 12.0. The zero-order valence-electron chi connectivity index (χ0n) is 12.6. The number of carboxylic acid groups (broad SMARTS) is 1. The summed E-state index contributed by atoms with van der Waals surface area (Å²) in [5.41, 5.74) is 0. The van der Waals surface area contributed by atoms with Crippen LogP contribution in [-0.4, -0.2) is 54.4 Å². The van der Waals surface area contributed by atoms with Gasteiger partial charge >= 0.3 is 12.0 Å². The van der Waals surface area contributed by atoms with Crippen molar-refractivity contribution in [3.05, 3.63) is 0 Å². The summed E-state index contributed by atoms with van der Waals surface area (Å²) in [6.07, 6.45) is 3.90. The molecule has 2 amide bonds. The molecule has 6 nitrogen and oxygen atoms in total. The number of carbonyl (C=O) groups is 2. The van der Waals surface area contributed by atoms with E-state index in [-0.39, 0.29) is 18.1 Å². The summed E-state index contributed by atoms with van der Waals surface area (Å²) in [6.45, 7) is 4.97. The lowest BCUT2D eigenvalue weighted by atomic mass is 9.99. The van der Waals surface area contributed by atoms with Crippen LogP contribution in [0.25, 0.3) is 0 Å². The minimum Gasteiger partial charge on any atom is -0.480 e. The standard InChI is InChI=1S/C14H26N2O4/c1-4-10(2)12(13(17)18)15-14(19)16(3)9-11-7-5-6-8-20-11/h10-12H,4-9H2,1-3H3,(H,15,19)(H,17,18). The number of urea groups is 1. The van der Waals surface area contributed by atoms with Gasteiger partial charge in [0.15, 0.2) is 0 Å². The number of nitrogens with one attached hydrogen (secondary N) is 1. The summed E-state index contributed by atoms with van der Waals surface area (Å²) >= 11 is 0. The van der Waals surface area contributed by atoms with Gasteiger partial charge < -0.3 is 20.1 Å². The van der Waals surface area contributed by atoms with E-state index >= 15 is 0 Å². The third-order valence-corrected chi connectivity index (χ3v) is 3.86. The fourth-order valence-electron chi connectivity index (χ4n) is 2.27. The van der Waals surface area contributed by atoms with Gasteiger partial charge in [-0.15, -0.1) is 0 Å². The van der Waals surface area contributed by atoms with Crippen molar-refractivity contribution in [3.63, 3.8) is 0 Å². The van der Waals surface area contributed by atoms with Crippen LogP contribution in [0.15, 0.2) is 0 Å². The molecule has 1 aliphatic heterocycles. The van der Waals surface area contributed by atoms with Gasteiger partial charge in [0.05, 0.1) is 6.10 Å². The van der Waals surface area contributed by atoms with E-state index < -0.39 is 12.0 Å². The van der Waals surface area contributed by atoms with Crippen LogP contribution in [0.2, 0.25) is 0 Å². The molecule has 3 atom stereocenters. The average Bonchev–Trinajstić information content (AvgIpc) is 2.44. The number of hydrogen-bond acceptors (Lipinski definition) is 3. The smallest absolute Gasteiger partial charge is 0.326 e. The number of likely N-dealkylation sites (N-methyl/N-ethyl adjacent to an activating group) is 1. The molecular formula is C14H26N2O4. The Morgan fingerprint density at radius 3 is 2.65 bits per heavy atom. The van der Waals surface area contributed by atoms with Crippen molar-refractivity contribution in [2.24, 2.45) is 5.92 Å². The topological polar surface area (TPSA) is 78.9 Å². The number of rotatable bonds is 6. The van der Waals surface area contributed by atoms with Crippen molar-refractivity contribution in [1.82, 2.24) is 10.2 Å². The monoisotopic (exact) mass is 286 g/mol. The Balaban J connectivity index is 2.48. The zero-order chi connectivity index (χ0) is 15.1. The molecule has 0 radical (unpaired) electrons. The van der Waals surface area contributed by atoms with Gasteiger partial charge in [0, 0.05) is 20.2 Å². The molecule has 0 spiro atoms. The van der Waals surface area contributed by atoms with Crippen LogP contribution in [0, 0.1) is 5.92 Å². The molecule has 2 N–H and O–H groups in total. The van der Waals surface area contributed by atoms with Gasteiger partial charge in [-0.05, 0) is 25.2 Å². The number of aliphatic carboxylic acids is 1. The van der Waals surface area contributed by atoms with E-state index in [1.807, 2.05) is 13.8 Å². The molecule has 0 bridgehead atoms. The van der Waals surface area contributed by atoms with Crippen molar-refractivity contribution < 1.29 is 19.4 Å². The van der Waals surface area contributed by atoms with Gasteiger partial charge in [-0.25, -0.2) is 9.59 Å². The van der Waals surface area contributed by atoms with Crippen molar-refractivity contribution in [2.45, 2.75) is 51.7 Å². The molecular weight excluding hydrogens is 260 g/mol. The molecule has 0 aliphatic carbocycles. The SMILES string of the molecule is CCC(C)C(NC(=O)N(C)CC1CCCCO1)C(=O)O. The second-order valence-corrected chi connectivity index (χ2v) is 5.52. The summed E-state index contributed by atoms with van der Waals surface area (Å²) in [5, 5.41) is 11.8. The Hall–Kier alpha value is -1.30. The van der Waals surface area contributed by atoms with E-state index in [0.717, 1.165) is 25.9 Å². The molecule has 1 fully saturated rings. The molecule has 1 heterocycles. The summed E-state index contributed by atoms with van der Waals surface area (Å²) in [6, 6.07) is -1.20. The molecule has 0 aromatic carbocycles. The van der Waals surface area contributed by atoms with Crippen LogP contribution in [-0.2, 0) is 9.53 Å². The lowest BCUT2D eigenvalue weighted by Gasteiger charge is -2.29. The van der Waals surface area contributed by atoms with Gasteiger partial charge in [-0.1, -0.05) is 20.3 Å². The third kappa shape index (κ3) is 5.00. The van der Waals surface area contributed by atoms with Crippen LogP contribution in [0.4, 0.5) is 4.79 Å². The lowest BCUT2D eigenvalue weighted by Crippen LogP contribution is -2.51. The molecule has 20 heavy (non-hydrogen) atoms. The summed E-state index contributed by atoms with van der Waals surface area (Å²) in [7, 11) is 1.67. The van der Waals surface area contributed by atoms with E-state index in [1.165, 1.54) is 4.90 Å². The highest BCUT2D eigenvalue weighted by Crippen LogP contribution is 2.14. The minimum absolute atomic E-state index is 0.0615. The van der Waals surface area contributed by atoms with Crippen LogP contribution >= 0.6 is 0 Å². The van der Waals surface area contributed by atoms with Crippen LogP contribution in [0.3, 0.4) is 0 Å². The van der Waals surface area contributed by atoms with E-state index in [2.05, 4.69) is 5.32 Å². The van der Waals surface area contributed by atoms with Crippen molar-refractivity contribution >= 4 is 12.0 Å². The second-order valence-electron chi connectivity index (χ2n) is 5.52. The summed E-state index contributed by atoms with van der Waals surface area (Å²) in [4.78, 5) is 24.7. The molecule has 1 saturated heterocycles. The Labute approximate surface area is 120 Å². The molecule has 0 saturated carbocycles.